The van der Waals surface area contributed by atoms with Crippen molar-refractivity contribution >= 4 is 27.0 Å². The zero-order valence-electron chi connectivity index (χ0n) is 11.3. The van der Waals surface area contributed by atoms with Gasteiger partial charge in [-0.25, -0.2) is 14.3 Å². The lowest BCUT2D eigenvalue weighted by Gasteiger charge is -2.12. The molecule has 0 aliphatic carbocycles. The van der Waals surface area contributed by atoms with Gasteiger partial charge in [0.1, 0.15) is 0 Å². The summed E-state index contributed by atoms with van der Waals surface area (Å²) in [5.41, 5.74) is 0.364. The van der Waals surface area contributed by atoms with Crippen LogP contribution in [0.5, 0.6) is 0 Å². The molecule has 3 rings (SSSR count). The van der Waals surface area contributed by atoms with Gasteiger partial charge in [-0.15, -0.1) is 0 Å². The van der Waals surface area contributed by atoms with E-state index in [0.717, 1.165) is 4.47 Å². The summed E-state index contributed by atoms with van der Waals surface area (Å²) in [4.78, 5) is 29.1. The Hall–Kier alpha value is -2.21. The van der Waals surface area contributed by atoms with Crippen LogP contribution in [0.2, 0.25) is 0 Å². The Labute approximate surface area is 128 Å². The monoisotopic (exact) mass is 345 g/mol. The number of halogens is 1. The summed E-state index contributed by atoms with van der Waals surface area (Å²) in [6, 6.07) is 10.7. The van der Waals surface area contributed by atoms with Crippen LogP contribution in [0, 0.1) is 0 Å². The smallest absolute Gasteiger partial charge is 0.268 e. The van der Waals surface area contributed by atoms with Gasteiger partial charge in [0.05, 0.1) is 11.1 Å². The zero-order chi connectivity index (χ0) is 15.0. The molecule has 0 N–H and O–H groups in total. The highest BCUT2D eigenvalue weighted by Gasteiger charge is 2.13. The van der Waals surface area contributed by atoms with E-state index in [1.165, 1.54) is 9.13 Å². The molecule has 106 valence electrons. The first-order chi connectivity index (χ1) is 10.1. The van der Waals surface area contributed by atoms with E-state index in [1.54, 1.807) is 25.3 Å². The van der Waals surface area contributed by atoms with Crippen molar-refractivity contribution in [2.75, 3.05) is 0 Å². The van der Waals surface area contributed by atoms with E-state index in [2.05, 4.69) is 20.9 Å². The number of hydrogen-bond donors (Lipinski definition) is 0. The molecule has 21 heavy (non-hydrogen) atoms. The van der Waals surface area contributed by atoms with Gasteiger partial charge >= 0.3 is 5.69 Å². The van der Waals surface area contributed by atoms with Gasteiger partial charge in [-0.1, -0.05) is 15.9 Å². The number of rotatable bonds is 2. The highest BCUT2D eigenvalue weighted by molar-refractivity contribution is 9.10. The summed E-state index contributed by atoms with van der Waals surface area (Å²) < 4.78 is 3.60. The molecule has 0 atom stereocenters. The molecule has 6 heteroatoms. The molecular weight excluding hydrogens is 334 g/mol. The van der Waals surface area contributed by atoms with Crippen molar-refractivity contribution in [3.8, 4) is 5.69 Å². The fourth-order valence-electron chi connectivity index (χ4n) is 2.29. The molecule has 2 aromatic heterocycles. The second kappa shape index (κ2) is 5.29. The molecule has 0 spiro atoms. The van der Waals surface area contributed by atoms with Gasteiger partial charge in [0.2, 0.25) is 0 Å². The first-order valence-corrected chi connectivity index (χ1v) is 7.29. The quantitative estimate of drug-likeness (QED) is 0.716. The van der Waals surface area contributed by atoms with E-state index < -0.39 is 0 Å². The fourth-order valence-corrected chi connectivity index (χ4v) is 2.55. The maximum Gasteiger partial charge on any atom is 0.337 e. The lowest BCUT2D eigenvalue weighted by atomic mass is 10.3. The maximum absolute atomic E-state index is 12.6. The molecule has 0 saturated carbocycles. The summed E-state index contributed by atoms with van der Waals surface area (Å²) in [5.74, 6) is 0. The lowest BCUT2D eigenvalue weighted by Crippen LogP contribution is -2.39. The number of aromatic nitrogens is 3. The largest absolute Gasteiger partial charge is 0.337 e. The average molecular weight is 346 g/mol. The van der Waals surface area contributed by atoms with Crippen LogP contribution in [0.3, 0.4) is 0 Å². The van der Waals surface area contributed by atoms with Gasteiger partial charge in [0, 0.05) is 17.2 Å². The minimum atomic E-state index is -0.379. The summed E-state index contributed by atoms with van der Waals surface area (Å²) in [7, 11) is 0. The van der Waals surface area contributed by atoms with Gasteiger partial charge in [-0.05, 0) is 43.3 Å². The van der Waals surface area contributed by atoms with Crippen LogP contribution in [0.4, 0.5) is 0 Å². The average Bonchev–Trinajstić information content (AvgIpc) is 2.50. The second-order valence-corrected chi connectivity index (χ2v) is 5.43. The van der Waals surface area contributed by atoms with Crippen LogP contribution in [-0.4, -0.2) is 14.1 Å². The van der Waals surface area contributed by atoms with Gasteiger partial charge in [-0.3, -0.25) is 9.36 Å². The highest BCUT2D eigenvalue weighted by Crippen LogP contribution is 2.15. The number of fused-ring (bicyclic) bond motifs is 1. The van der Waals surface area contributed by atoms with Crippen LogP contribution in [0.1, 0.15) is 6.92 Å². The minimum Gasteiger partial charge on any atom is -0.268 e. The molecule has 0 aliphatic heterocycles. The molecule has 0 radical (unpaired) electrons. The van der Waals surface area contributed by atoms with Crippen molar-refractivity contribution in [3.05, 3.63) is 67.9 Å². The molecule has 0 saturated heterocycles. The Kier molecular flexibility index (Phi) is 3.47. The second-order valence-electron chi connectivity index (χ2n) is 4.52. The number of hydrogen-bond acceptors (Lipinski definition) is 3. The Morgan fingerprint density at radius 2 is 1.86 bits per heavy atom. The topological polar surface area (TPSA) is 56.9 Å². The minimum absolute atomic E-state index is 0.307. The highest BCUT2D eigenvalue weighted by atomic mass is 79.9. The fraction of sp³-hybridized carbons (Fsp3) is 0.133. The summed E-state index contributed by atoms with van der Waals surface area (Å²) in [5, 5.41) is 0.432. The molecule has 3 aromatic rings. The molecule has 0 fully saturated rings. The molecular formula is C15H12BrN3O2. The van der Waals surface area contributed by atoms with Crippen molar-refractivity contribution in [1.82, 2.24) is 14.1 Å². The van der Waals surface area contributed by atoms with Gasteiger partial charge in [0.25, 0.3) is 5.56 Å². The molecule has 5 nitrogen and oxygen atoms in total. The van der Waals surface area contributed by atoms with Gasteiger partial charge < -0.3 is 0 Å². The molecule has 0 bridgehead atoms. The maximum atomic E-state index is 12.6. The zero-order valence-corrected chi connectivity index (χ0v) is 12.9. The normalized spacial score (nSPS) is 11.0. The third kappa shape index (κ3) is 2.21. The van der Waals surface area contributed by atoms with Crippen molar-refractivity contribution in [3.63, 3.8) is 0 Å². The van der Waals surface area contributed by atoms with E-state index in [4.69, 9.17) is 0 Å². The van der Waals surface area contributed by atoms with Crippen LogP contribution in [0.25, 0.3) is 16.7 Å². The van der Waals surface area contributed by atoms with Gasteiger partial charge in [0.15, 0.2) is 5.65 Å². The first-order valence-electron chi connectivity index (χ1n) is 6.50. The van der Waals surface area contributed by atoms with E-state index in [9.17, 15) is 9.59 Å². The first kappa shape index (κ1) is 13.8. The Morgan fingerprint density at radius 1 is 1.14 bits per heavy atom. The third-order valence-corrected chi connectivity index (χ3v) is 3.83. The number of pyridine rings is 1. The van der Waals surface area contributed by atoms with Crippen molar-refractivity contribution in [2.24, 2.45) is 0 Å². The summed E-state index contributed by atoms with van der Waals surface area (Å²) in [6.07, 6.45) is 1.58. The Balaban J connectivity index is 2.49. The van der Waals surface area contributed by atoms with Gasteiger partial charge in [-0.2, -0.15) is 0 Å². The Bertz CT molecular complexity index is 926. The summed E-state index contributed by atoms with van der Waals surface area (Å²) in [6.45, 7) is 2.09. The number of nitrogens with zero attached hydrogens (tertiary/aromatic N) is 3. The standard InChI is InChI=1S/C15H12BrN3O2/c1-2-18-14(20)12-4-3-9-17-13(12)19(15(18)21)11-7-5-10(16)6-8-11/h3-9H,2H2,1H3. The SMILES string of the molecule is CCn1c(=O)c2cccnc2n(-c2ccc(Br)cc2)c1=O. The van der Waals surface area contributed by atoms with E-state index >= 15 is 0 Å². The summed E-state index contributed by atoms with van der Waals surface area (Å²) >= 11 is 3.37. The number of benzene rings is 1. The van der Waals surface area contributed by atoms with Crippen LogP contribution < -0.4 is 11.2 Å². The molecule has 0 unspecified atom stereocenters. The van der Waals surface area contributed by atoms with E-state index in [0.29, 0.717) is 23.3 Å². The van der Waals surface area contributed by atoms with Crippen molar-refractivity contribution in [1.29, 1.82) is 0 Å². The van der Waals surface area contributed by atoms with Crippen molar-refractivity contribution < 1.29 is 0 Å². The van der Waals surface area contributed by atoms with Crippen LogP contribution in [0.15, 0.2) is 56.7 Å². The molecule has 2 heterocycles. The van der Waals surface area contributed by atoms with Crippen LogP contribution in [-0.2, 0) is 6.54 Å². The van der Waals surface area contributed by atoms with E-state index in [1.807, 2.05) is 24.3 Å². The predicted molar refractivity (Wildman–Crippen MR) is 85.0 cm³/mol. The predicted octanol–water partition coefficient (Wildman–Crippen LogP) is 2.33. The van der Waals surface area contributed by atoms with Crippen molar-refractivity contribution in [2.45, 2.75) is 13.5 Å². The molecule has 0 amide bonds. The van der Waals surface area contributed by atoms with E-state index in [-0.39, 0.29) is 11.2 Å². The lowest BCUT2D eigenvalue weighted by molar-refractivity contribution is 0.659. The van der Waals surface area contributed by atoms with Crippen LogP contribution >= 0.6 is 15.9 Å². The molecule has 0 aliphatic rings. The Morgan fingerprint density at radius 3 is 2.52 bits per heavy atom. The third-order valence-electron chi connectivity index (χ3n) is 3.30. The molecule has 1 aromatic carbocycles.